The first-order valence-electron chi connectivity index (χ1n) is 12.9. The first kappa shape index (κ1) is 31.7. The summed E-state index contributed by atoms with van der Waals surface area (Å²) < 4.78 is 28.7. The lowest BCUT2D eigenvalue weighted by Crippen LogP contribution is -2.53. The van der Waals surface area contributed by atoms with Gasteiger partial charge in [-0.1, -0.05) is 85.0 Å². The fourth-order valence-corrected chi connectivity index (χ4v) is 6.09. The Kier molecular flexibility index (Phi) is 11.3. The van der Waals surface area contributed by atoms with Crippen molar-refractivity contribution in [2.45, 2.75) is 57.1 Å². The number of nitrogens with one attached hydrogen (secondary N) is 1. The Morgan fingerprint density at radius 2 is 1.52 bits per heavy atom. The number of hydrogen-bond acceptors (Lipinski definition) is 4. The van der Waals surface area contributed by atoms with Crippen molar-refractivity contribution in [3.63, 3.8) is 0 Å². The van der Waals surface area contributed by atoms with Gasteiger partial charge in [0.25, 0.3) is 10.0 Å². The van der Waals surface area contributed by atoms with Crippen molar-refractivity contribution >= 4 is 62.3 Å². The first-order valence-corrected chi connectivity index (χ1v) is 15.4. The zero-order valence-electron chi connectivity index (χ0n) is 22.5. The van der Waals surface area contributed by atoms with E-state index in [0.717, 1.165) is 9.87 Å². The van der Waals surface area contributed by atoms with Crippen LogP contribution in [0.4, 0.5) is 5.69 Å². The second-order valence-electron chi connectivity index (χ2n) is 9.29. The van der Waals surface area contributed by atoms with Crippen molar-refractivity contribution < 1.29 is 18.0 Å². The highest BCUT2D eigenvalue weighted by Crippen LogP contribution is 2.35. The van der Waals surface area contributed by atoms with E-state index in [-0.39, 0.29) is 39.1 Å². The molecule has 214 valence electrons. The summed E-state index contributed by atoms with van der Waals surface area (Å²) in [4.78, 5) is 28.8. The minimum absolute atomic E-state index is 0.0118. The molecule has 0 spiro atoms. The first-order chi connectivity index (χ1) is 19.0. The number of carbonyl (C=O) groups excluding carboxylic acids is 2. The van der Waals surface area contributed by atoms with Crippen LogP contribution in [0.3, 0.4) is 0 Å². The van der Waals surface area contributed by atoms with Gasteiger partial charge >= 0.3 is 0 Å². The number of nitrogens with zero attached hydrogens (tertiary/aromatic N) is 2. The summed E-state index contributed by atoms with van der Waals surface area (Å²) in [6.45, 7) is 5.08. The van der Waals surface area contributed by atoms with Crippen LogP contribution in [-0.4, -0.2) is 43.8 Å². The molecule has 0 aliphatic rings. The van der Waals surface area contributed by atoms with E-state index in [9.17, 15) is 18.0 Å². The lowest BCUT2D eigenvalue weighted by Gasteiger charge is -2.34. The maximum absolute atomic E-state index is 14.1. The van der Waals surface area contributed by atoms with Crippen LogP contribution in [0.25, 0.3) is 0 Å². The van der Waals surface area contributed by atoms with Gasteiger partial charge in [0.05, 0.1) is 20.6 Å². The van der Waals surface area contributed by atoms with Crippen LogP contribution >= 0.6 is 34.8 Å². The normalized spacial score (nSPS) is 12.8. The van der Waals surface area contributed by atoms with E-state index in [0.29, 0.717) is 17.9 Å². The number of benzene rings is 3. The van der Waals surface area contributed by atoms with Crippen molar-refractivity contribution in [1.29, 1.82) is 0 Å². The van der Waals surface area contributed by atoms with Crippen LogP contribution in [0.1, 0.15) is 39.2 Å². The van der Waals surface area contributed by atoms with E-state index in [1.807, 2.05) is 13.8 Å². The molecule has 3 rings (SSSR count). The van der Waals surface area contributed by atoms with Crippen molar-refractivity contribution in [3.05, 3.63) is 93.4 Å². The Bertz CT molecular complexity index is 1420. The Hall–Kier alpha value is -2.78. The highest BCUT2D eigenvalue weighted by molar-refractivity contribution is 7.92. The number of anilines is 1. The summed E-state index contributed by atoms with van der Waals surface area (Å²) in [5.41, 5.74) is 0.778. The molecule has 2 unspecified atom stereocenters. The summed E-state index contributed by atoms with van der Waals surface area (Å²) in [7, 11) is -4.25. The molecule has 3 aromatic rings. The van der Waals surface area contributed by atoms with Crippen molar-refractivity contribution in [1.82, 2.24) is 10.2 Å². The molecule has 0 heterocycles. The molecule has 0 aromatic heterocycles. The van der Waals surface area contributed by atoms with E-state index in [1.54, 1.807) is 55.5 Å². The van der Waals surface area contributed by atoms with Gasteiger partial charge in [0.2, 0.25) is 11.8 Å². The molecule has 0 radical (unpaired) electrons. The molecule has 7 nitrogen and oxygen atoms in total. The van der Waals surface area contributed by atoms with Gasteiger partial charge in [-0.3, -0.25) is 13.9 Å². The molecule has 2 atom stereocenters. The van der Waals surface area contributed by atoms with Crippen LogP contribution in [-0.2, 0) is 26.2 Å². The number of halogens is 3. The van der Waals surface area contributed by atoms with Gasteiger partial charge in [-0.25, -0.2) is 8.42 Å². The fraction of sp³-hybridized carbons (Fsp3) is 0.310. The molecule has 0 bridgehead atoms. The van der Waals surface area contributed by atoms with Crippen LogP contribution < -0.4 is 9.62 Å². The van der Waals surface area contributed by atoms with Crippen LogP contribution in [0.5, 0.6) is 0 Å². The fourth-order valence-electron chi connectivity index (χ4n) is 4.07. The molecule has 0 saturated carbocycles. The summed E-state index contributed by atoms with van der Waals surface area (Å²) in [6.07, 6.45) is 1.02. The smallest absolute Gasteiger partial charge is 0.264 e. The molecule has 40 heavy (non-hydrogen) atoms. The molecule has 0 aliphatic carbocycles. The molecular weight excluding hydrogens is 593 g/mol. The molecular formula is C29H32Cl3N3O4S. The summed E-state index contributed by atoms with van der Waals surface area (Å²) in [5.74, 6) is -0.908. The average molecular weight is 625 g/mol. The third kappa shape index (κ3) is 7.69. The van der Waals surface area contributed by atoms with E-state index >= 15 is 0 Å². The number of sulfonamides is 1. The zero-order valence-corrected chi connectivity index (χ0v) is 25.6. The predicted molar refractivity (Wildman–Crippen MR) is 161 cm³/mol. The maximum Gasteiger partial charge on any atom is 0.264 e. The number of carbonyl (C=O) groups is 2. The third-order valence-corrected chi connectivity index (χ3v) is 9.30. The van der Waals surface area contributed by atoms with Crippen LogP contribution in [0, 0.1) is 0 Å². The number of hydrogen-bond donors (Lipinski definition) is 1. The van der Waals surface area contributed by atoms with E-state index in [1.165, 1.54) is 29.2 Å². The Balaban J connectivity index is 2.08. The minimum atomic E-state index is -4.25. The van der Waals surface area contributed by atoms with Crippen molar-refractivity contribution in [3.8, 4) is 0 Å². The topological polar surface area (TPSA) is 86.8 Å². The van der Waals surface area contributed by atoms with Gasteiger partial charge in [0.15, 0.2) is 0 Å². The number of rotatable bonds is 12. The largest absolute Gasteiger partial charge is 0.352 e. The Morgan fingerprint density at radius 3 is 2.12 bits per heavy atom. The number of amides is 2. The van der Waals surface area contributed by atoms with Crippen LogP contribution in [0.2, 0.25) is 15.1 Å². The molecule has 0 aliphatic heterocycles. The van der Waals surface area contributed by atoms with Gasteiger partial charge in [-0.05, 0) is 61.7 Å². The van der Waals surface area contributed by atoms with Gasteiger partial charge in [0, 0.05) is 17.6 Å². The van der Waals surface area contributed by atoms with Gasteiger partial charge in [-0.2, -0.15) is 0 Å². The van der Waals surface area contributed by atoms with Gasteiger partial charge in [0.1, 0.15) is 12.6 Å². The third-order valence-electron chi connectivity index (χ3n) is 6.46. The molecule has 3 aromatic carbocycles. The van der Waals surface area contributed by atoms with E-state index in [4.69, 9.17) is 34.8 Å². The van der Waals surface area contributed by atoms with Crippen molar-refractivity contribution in [2.75, 3.05) is 10.8 Å². The average Bonchev–Trinajstić information content (AvgIpc) is 2.94. The molecule has 0 saturated heterocycles. The quantitative estimate of drug-likeness (QED) is 0.247. The molecule has 11 heteroatoms. The summed E-state index contributed by atoms with van der Waals surface area (Å²) >= 11 is 18.8. The second-order valence-corrected chi connectivity index (χ2v) is 12.4. The van der Waals surface area contributed by atoms with Crippen LogP contribution in [0.15, 0.2) is 77.7 Å². The maximum atomic E-state index is 14.1. The van der Waals surface area contributed by atoms with E-state index < -0.39 is 28.5 Å². The van der Waals surface area contributed by atoms with E-state index in [2.05, 4.69) is 5.32 Å². The zero-order chi connectivity index (χ0) is 29.4. The monoisotopic (exact) mass is 623 g/mol. The molecule has 2 amide bonds. The molecule has 1 N–H and O–H groups in total. The predicted octanol–water partition coefficient (Wildman–Crippen LogP) is 6.56. The minimum Gasteiger partial charge on any atom is -0.352 e. The highest BCUT2D eigenvalue weighted by atomic mass is 35.5. The second kappa shape index (κ2) is 14.2. The lowest BCUT2D eigenvalue weighted by atomic mass is 10.1. The highest BCUT2D eigenvalue weighted by Gasteiger charge is 2.34. The van der Waals surface area contributed by atoms with Gasteiger partial charge < -0.3 is 10.2 Å². The van der Waals surface area contributed by atoms with Crippen molar-refractivity contribution in [2.24, 2.45) is 0 Å². The Labute approximate surface area is 251 Å². The molecule has 0 fully saturated rings. The summed E-state index contributed by atoms with van der Waals surface area (Å²) in [5, 5.41) is 3.60. The van der Waals surface area contributed by atoms with Gasteiger partial charge in [-0.15, -0.1) is 0 Å². The summed E-state index contributed by atoms with van der Waals surface area (Å²) in [6, 6.07) is 18.3. The Morgan fingerprint density at radius 1 is 0.875 bits per heavy atom. The standard InChI is InChI=1S/C29H32Cl3N3O4S/c1-4-20(3)33-29(37)25(5-2)34(18-21-14-16-22(30)17-15-21)27(36)19-35(26-13-9-12-24(31)28(26)32)40(38,39)23-10-7-6-8-11-23/h6-17,20,25H,4-5,18-19H2,1-3H3,(H,33,37). The lowest BCUT2D eigenvalue weighted by molar-refractivity contribution is -0.140. The SMILES string of the molecule is CCC(C)NC(=O)C(CC)N(Cc1ccc(Cl)cc1)C(=O)CN(c1cccc(Cl)c1Cl)S(=O)(=O)c1ccccc1.